The minimum absolute atomic E-state index is 0.0544. The van der Waals surface area contributed by atoms with Crippen LogP contribution in [0.5, 0.6) is 0 Å². The van der Waals surface area contributed by atoms with Gasteiger partial charge in [-0.1, -0.05) is 18.2 Å². The van der Waals surface area contributed by atoms with E-state index in [2.05, 4.69) is 0 Å². The van der Waals surface area contributed by atoms with E-state index in [4.69, 9.17) is 4.74 Å². The lowest BCUT2D eigenvalue weighted by Gasteiger charge is -2.37. The lowest BCUT2D eigenvalue weighted by atomic mass is 9.98. The molecular weight excluding hydrogens is 280 g/mol. The maximum atomic E-state index is 12.5. The molecule has 2 aliphatic heterocycles. The highest BCUT2D eigenvalue weighted by Crippen LogP contribution is 2.19. The Balaban J connectivity index is 1.54. The van der Waals surface area contributed by atoms with Crippen molar-refractivity contribution >= 4 is 11.8 Å². The van der Waals surface area contributed by atoms with Gasteiger partial charge in [-0.05, 0) is 25.0 Å². The second-order valence-corrected chi connectivity index (χ2v) is 5.87. The summed E-state index contributed by atoms with van der Waals surface area (Å²) in [6.45, 7) is 3.86. The number of carbonyl (C=O) groups is 2. The van der Waals surface area contributed by atoms with Gasteiger partial charge in [-0.25, -0.2) is 0 Å². The second-order valence-electron chi connectivity index (χ2n) is 5.87. The highest BCUT2D eigenvalue weighted by Gasteiger charge is 2.30. The molecule has 5 heteroatoms. The van der Waals surface area contributed by atoms with E-state index in [9.17, 15) is 9.59 Å². The summed E-state index contributed by atoms with van der Waals surface area (Å²) in [6.07, 6.45) is 1.64. The molecule has 2 fully saturated rings. The fourth-order valence-electron chi connectivity index (χ4n) is 3.10. The van der Waals surface area contributed by atoms with Gasteiger partial charge < -0.3 is 14.5 Å². The van der Waals surface area contributed by atoms with Gasteiger partial charge in [0.15, 0.2) is 0 Å². The molecule has 2 amide bonds. The summed E-state index contributed by atoms with van der Waals surface area (Å²) < 4.78 is 5.31. The Kier molecular flexibility index (Phi) is 4.73. The Morgan fingerprint density at radius 3 is 2.14 bits per heavy atom. The predicted molar refractivity (Wildman–Crippen MR) is 82.5 cm³/mol. The number of carbonyl (C=O) groups excluding carboxylic acids is 2. The van der Waals surface area contributed by atoms with Crippen LogP contribution in [0.3, 0.4) is 0 Å². The zero-order valence-corrected chi connectivity index (χ0v) is 12.7. The Labute approximate surface area is 130 Å². The van der Waals surface area contributed by atoms with Crippen LogP contribution in [0, 0.1) is 5.92 Å². The molecule has 5 nitrogen and oxygen atoms in total. The van der Waals surface area contributed by atoms with Gasteiger partial charge in [0, 0.05) is 50.9 Å². The SMILES string of the molecule is O=C(c1ccccc1)N1CCN(C(=O)C2CCOCC2)CC1. The summed E-state index contributed by atoms with van der Waals surface area (Å²) in [7, 11) is 0. The first-order valence-electron chi connectivity index (χ1n) is 7.96. The van der Waals surface area contributed by atoms with Crippen LogP contribution < -0.4 is 0 Å². The van der Waals surface area contributed by atoms with Gasteiger partial charge in [0.05, 0.1) is 0 Å². The van der Waals surface area contributed by atoms with E-state index in [0.29, 0.717) is 45.0 Å². The summed E-state index contributed by atoms with van der Waals surface area (Å²) in [6, 6.07) is 9.32. The van der Waals surface area contributed by atoms with Gasteiger partial charge >= 0.3 is 0 Å². The van der Waals surface area contributed by atoms with Crippen molar-refractivity contribution in [2.24, 2.45) is 5.92 Å². The van der Waals surface area contributed by atoms with Crippen LogP contribution in [-0.4, -0.2) is 61.0 Å². The normalized spacial score (nSPS) is 20.0. The third kappa shape index (κ3) is 3.30. The van der Waals surface area contributed by atoms with Crippen molar-refractivity contribution in [3.05, 3.63) is 35.9 Å². The lowest BCUT2D eigenvalue weighted by molar-refractivity contribution is -0.140. The standard InChI is InChI=1S/C17H22N2O3/c20-16(14-4-2-1-3-5-14)18-8-10-19(11-9-18)17(21)15-6-12-22-13-7-15/h1-5,15H,6-13H2. The Bertz CT molecular complexity index is 518. The molecule has 2 saturated heterocycles. The van der Waals surface area contributed by atoms with Crippen molar-refractivity contribution in [1.82, 2.24) is 9.80 Å². The summed E-state index contributed by atoms with van der Waals surface area (Å²) in [5.41, 5.74) is 0.715. The van der Waals surface area contributed by atoms with Gasteiger partial charge in [0.25, 0.3) is 5.91 Å². The van der Waals surface area contributed by atoms with Gasteiger partial charge in [0.2, 0.25) is 5.91 Å². The molecule has 0 saturated carbocycles. The number of piperazine rings is 1. The third-order valence-electron chi connectivity index (χ3n) is 4.47. The summed E-state index contributed by atoms with van der Waals surface area (Å²) in [4.78, 5) is 28.6. The molecule has 2 heterocycles. The largest absolute Gasteiger partial charge is 0.381 e. The first-order chi connectivity index (χ1) is 10.8. The molecule has 0 unspecified atom stereocenters. The van der Waals surface area contributed by atoms with Crippen molar-refractivity contribution < 1.29 is 14.3 Å². The average molecular weight is 302 g/mol. The number of benzene rings is 1. The van der Waals surface area contributed by atoms with Gasteiger partial charge in [-0.2, -0.15) is 0 Å². The maximum Gasteiger partial charge on any atom is 0.253 e. The summed E-state index contributed by atoms with van der Waals surface area (Å²) >= 11 is 0. The fraction of sp³-hybridized carbons (Fsp3) is 0.529. The van der Waals surface area contributed by atoms with Gasteiger partial charge in [-0.3, -0.25) is 9.59 Å². The molecule has 0 radical (unpaired) electrons. The number of nitrogens with zero attached hydrogens (tertiary/aromatic N) is 2. The fourth-order valence-corrected chi connectivity index (χ4v) is 3.10. The number of amides is 2. The molecular formula is C17H22N2O3. The second kappa shape index (κ2) is 6.92. The first kappa shape index (κ1) is 15.0. The highest BCUT2D eigenvalue weighted by atomic mass is 16.5. The minimum atomic E-state index is 0.0544. The van der Waals surface area contributed by atoms with Crippen LogP contribution in [0.4, 0.5) is 0 Å². The molecule has 0 aromatic heterocycles. The van der Waals surface area contributed by atoms with Crippen molar-refractivity contribution in [1.29, 1.82) is 0 Å². The molecule has 0 aliphatic carbocycles. The van der Waals surface area contributed by atoms with Crippen molar-refractivity contribution in [2.45, 2.75) is 12.8 Å². The van der Waals surface area contributed by atoms with Crippen LogP contribution in [0.15, 0.2) is 30.3 Å². The van der Waals surface area contributed by atoms with E-state index in [1.54, 1.807) is 0 Å². The van der Waals surface area contributed by atoms with E-state index in [-0.39, 0.29) is 17.7 Å². The predicted octanol–water partition coefficient (Wildman–Crippen LogP) is 1.40. The molecule has 22 heavy (non-hydrogen) atoms. The number of hydrogen-bond acceptors (Lipinski definition) is 3. The van der Waals surface area contributed by atoms with E-state index >= 15 is 0 Å². The molecule has 0 atom stereocenters. The molecule has 1 aromatic rings. The number of ether oxygens (including phenoxy) is 1. The van der Waals surface area contributed by atoms with Crippen LogP contribution in [0.1, 0.15) is 23.2 Å². The van der Waals surface area contributed by atoms with Crippen molar-refractivity contribution in [3.8, 4) is 0 Å². The highest BCUT2D eigenvalue weighted by molar-refractivity contribution is 5.94. The molecule has 0 bridgehead atoms. The molecule has 3 rings (SSSR count). The molecule has 1 aromatic carbocycles. The summed E-state index contributed by atoms with van der Waals surface area (Å²) in [5, 5.41) is 0. The Morgan fingerprint density at radius 2 is 1.50 bits per heavy atom. The van der Waals surface area contributed by atoms with E-state index in [0.717, 1.165) is 12.8 Å². The van der Waals surface area contributed by atoms with Crippen LogP contribution in [0.25, 0.3) is 0 Å². The topological polar surface area (TPSA) is 49.9 Å². The smallest absolute Gasteiger partial charge is 0.253 e. The molecule has 118 valence electrons. The molecule has 0 N–H and O–H groups in total. The molecule has 0 spiro atoms. The van der Waals surface area contributed by atoms with Gasteiger partial charge in [0.1, 0.15) is 0 Å². The van der Waals surface area contributed by atoms with Gasteiger partial charge in [-0.15, -0.1) is 0 Å². The summed E-state index contributed by atoms with van der Waals surface area (Å²) in [5.74, 6) is 0.388. The minimum Gasteiger partial charge on any atom is -0.381 e. The first-order valence-corrected chi connectivity index (χ1v) is 7.96. The van der Waals surface area contributed by atoms with E-state index in [1.165, 1.54) is 0 Å². The number of hydrogen-bond donors (Lipinski definition) is 0. The molecule has 2 aliphatic rings. The van der Waals surface area contributed by atoms with Crippen molar-refractivity contribution in [3.63, 3.8) is 0 Å². The maximum absolute atomic E-state index is 12.5. The van der Waals surface area contributed by atoms with Crippen LogP contribution in [-0.2, 0) is 9.53 Å². The zero-order chi connectivity index (χ0) is 15.4. The quantitative estimate of drug-likeness (QED) is 0.830. The lowest BCUT2D eigenvalue weighted by Crippen LogP contribution is -2.52. The Hall–Kier alpha value is -1.88. The number of rotatable bonds is 2. The van der Waals surface area contributed by atoms with E-state index in [1.807, 2.05) is 40.1 Å². The monoisotopic (exact) mass is 302 g/mol. The van der Waals surface area contributed by atoms with Crippen molar-refractivity contribution in [2.75, 3.05) is 39.4 Å². The Morgan fingerprint density at radius 1 is 0.909 bits per heavy atom. The van der Waals surface area contributed by atoms with Crippen LogP contribution >= 0.6 is 0 Å². The third-order valence-corrected chi connectivity index (χ3v) is 4.47. The van der Waals surface area contributed by atoms with E-state index < -0.39 is 0 Å². The zero-order valence-electron chi connectivity index (χ0n) is 12.7. The average Bonchev–Trinajstić information content (AvgIpc) is 2.62. The van der Waals surface area contributed by atoms with Crippen LogP contribution in [0.2, 0.25) is 0 Å².